The quantitative estimate of drug-likeness (QED) is 0.798. The van der Waals surface area contributed by atoms with E-state index in [2.05, 4.69) is 26.9 Å². The fraction of sp³-hybridized carbons (Fsp3) is 0.538. The lowest BCUT2D eigenvalue weighted by molar-refractivity contribution is 0.0593. The van der Waals surface area contributed by atoms with Gasteiger partial charge in [0.25, 0.3) is 0 Å². The van der Waals surface area contributed by atoms with Gasteiger partial charge in [-0.3, -0.25) is 4.90 Å². The predicted octanol–water partition coefficient (Wildman–Crippen LogP) is 0.662. The number of nitrogens with zero attached hydrogens (tertiary/aromatic N) is 2. The lowest BCUT2D eigenvalue weighted by Gasteiger charge is -2.31. The second kappa shape index (κ2) is 5.93. The number of piperazine rings is 1. The molecule has 0 amide bonds. The molecule has 0 radical (unpaired) electrons. The van der Waals surface area contributed by atoms with Gasteiger partial charge in [0.1, 0.15) is 5.69 Å². The van der Waals surface area contributed by atoms with Gasteiger partial charge in [-0.2, -0.15) is 0 Å². The van der Waals surface area contributed by atoms with Crippen LogP contribution in [0.4, 0.5) is 0 Å². The molecule has 1 aromatic heterocycles. The molecular weight excluding hydrogens is 230 g/mol. The first kappa shape index (κ1) is 13.0. The second-order valence-corrected chi connectivity index (χ2v) is 4.60. The molecule has 1 aromatic rings. The van der Waals surface area contributed by atoms with Crippen LogP contribution < -0.4 is 5.32 Å². The first-order valence-electron chi connectivity index (χ1n) is 6.19. The van der Waals surface area contributed by atoms with Gasteiger partial charge in [0.2, 0.25) is 0 Å². The van der Waals surface area contributed by atoms with Crippen LogP contribution in [-0.2, 0) is 11.3 Å². The monoisotopic (exact) mass is 249 g/mol. The molecule has 5 heteroatoms. The molecule has 2 rings (SSSR count). The van der Waals surface area contributed by atoms with E-state index in [0.29, 0.717) is 11.7 Å². The van der Waals surface area contributed by atoms with Gasteiger partial charge in [0.05, 0.1) is 12.8 Å². The van der Waals surface area contributed by atoms with Crippen LogP contribution in [0.5, 0.6) is 0 Å². The summed E-state index contributed by atoms with van der Waals surface area (Å²) in [6.45, 7) is 5.96. The van der Waals surface area contributed by atoms with Crippen molar-refractivity contribution in [2.24, 2.45) is 0 Å². The Kier molecular flexibility index (Phi) is 4.28. The van der Waals surface area contributed by atoms with Gasteiger partial charge in [-0.05, 0) is 19.1 Å². The molecule has 1 aliphatic heterocycles. The van der Waals surface area contributed by atoms with Crippen molar-refractivity contribution in [2.45, 2.75) is 19.5 Å². The first-order chi connectivity index (χ1) is 8.69. The Bertz CT molecular complexity index is 422. The summed E-state index contributed by atoms with van der Waals surface area (Å²) < 4.78 is 4.67. The Morgan fingerprint density at radius 3 is 3.17 bits per heavy atom. The molecule has 1 atom stereocenters. The van der Waals surface area contributed by atoms with Crippen molar-refractivity contribution >= 4 is 5.97 Å². The number of carbonyl (C=O) groups excluding carboxylic acids is 1. The van der Waals surface area contributed by atoms with Crippen LogP contribution in [-0.4, -0.2) is 48.6 Å². The fourth-order valence-corrected chi connectivity index (χ4v) is 2.17. The molecule has 0 spiro atoms. The molecule has 1 saturated heterocycles. The average Bonchev–Trinajstić information content (AvgIpc) is 2.38. The maximum atomic E-state index is 11.4. The van der Waals surface area contributed by atoms with E-state index in [4.69, 9.17) is 0 Å². The van der Waals surface area contributed by atoms with E-state index in [1.54, 1.807) is 6.07 Å². The van der Waals surface area contributed by atoms with E-state index in [-0.39, 0.29) is 5.97 Å². The van der Waals surface area contributed by atoms with Crippen LogP contribution in [0.25, 0.3) is 0 Å². The number of aromatic nitrogens is 1. The molecule has 5 nitrogen and oxygen atoms in total. The van der Waals surface area contributed by atoms with Gasteiger partial charge in [-0.25, -0.2) is 9.78 Å². The molecule has 98 valence electrons. The van der Waals surface area contributed by atoms with Crippen molar-refractivity contribution in [3.63, 3.8) is 0 Å². The number of esters is 1. The maximum Gasteiger partial charge on any atom is 0.356 e. The highest BCUT2D eigenvalue weighted by Crippen LogP contribution is 2.07. The molecule has 0 aliphatic carbocycles. The van der Waals surface area contributed by atoms with E-state index in [9.17, 15) is 4.79 Å². The SMILES string of the molecule is COC(=O)c1cccc(CN2CCNC(C)C2)n1. The number of hydrogen-bond donors (Lipinski definition) is 1. The summed E-state index contributed by atoms with van der Waals surface area (Å²) in [5.41, 5.74) is 1.28. The van der Waals surface area contributed by atoms with Crippen LogP contribution in [0.1, 0.15) is 23.1 Å². The zero-order chi connectivity index (χ0) is 13.0. The van der Waals surface area contributed by atoms with Crippen LogP contribution in [0.2, 0.25) is 0 Å². The normalized spacial score (nSPS) is 20.7. The van der Waals surface area contributed by atoms with E-state index < -0.39 is 0 Å². The lowest BCUT2D eigenvalue weighted by atomic mass is 10.2. The zero-order valence-corrected chi connectivity index (χ0v) is 10.8. The summed E-state index contributed by atoms with van der Waals surface area (Å²) in [4.78, 5) is 18.1. The number of rotatable bonds is 3. The summed E-state index contributed by atoms with van der Waals surface area (Å²) in [7, 11) is 1.37. The maximum absolute atomic E-state index is 11.4. The minimum absolute atomic E-state index is 0.373. The standard InChI is InChI=1S/C13H19N3O2/c1-10-8-16(7-6-14-10)9-11-4-3-5-12(15-11)13(17)18-2/h3-5,10,14H,6-9H2,1-2H3. The Hall–Kier alpha value is -1.46. The number of pyridine rings is 1. The van der Waals surface area contributed by atoms with E-state index in [1.807, 2.05) is 12.1 Å². The summed E-state index contributed by atoms with van der Waals surface area (Å²) in [6, 6.07) is 5.97. The number of nitrogens with one attached hydrogen (secondary N) is 1. The van der Waals surface area contributed by atoms with E-state index in [1.165, 1.54) is 7.11 Å². The highest BCUT2D eigenvalue weighted by atomic mass is 16.5. The van der Waals surface area contributed by atoms with Crippen LogP contribution >= 0.6 is 0 Å². The first-order valence-corrected chi connectivity index (χ1v) is 6.19. The third-order valence-corrected chi connectivity index (χ3v) is 3.04. The zero-order valence-electron chi connectivity index (χ0n) is 10.8. The van der Waals surface area contributed by atoms with Gasteiger partial charge in [0.15, 0.2) is 0 Å². The number of methoxy groups -OCH3 is 1. The molecule has 18 heavy (non-hydrogen) atoms. The van der Waals surface area contributed by atoms with Crippen LogP contribution in [0.15, 0.2) is 18.2 Å². The van der Waals surface area contributed by atoms with Crippen LogP contribution in [0.3, 0.4) is 0 Å². The third-order valence-electron chi connectivity index (χ3n) is 3.04. The lowest BCUT2D eigenvalue weighted by Crippen LogP contribution is -2.48. The van der Waals surface area contributed by atoms with E-state index >= 15 is 0 Å². The van der Waals surface area contributed by atoms with Crippen LogP contribution in [0, 0.1) is 0 Å². The van der Waals surface area contributed by atoms with Crippen molar-refractivity contribution in [2.75, 3.05) is 26.7 Å². The fourth-order valence-electron chi connectivity index (χ4n) is 2.17. The van der Waals surface area contributed by atoms with Crippen molar-refractivity contribution < 1.29 is 9.53 Å². The van der Waals surface area contributed by atoms with Crippen molar-refractivity contribution in [3.05, 3.63) is 29.6 Å². The smallest absolute Gasteiger partial charge is 0.356 e. The average molecular weight is 249 g/mol. The topological polar surface area (TPSA) is 54.5 Å². The molecule has 1 unspecified atom stereocenters. The van der Waals surface area contributed by atoms with Gasteiger partial charge in [-0.1, -0.05) is 6.07 Å². The minimum Gasteiger partial charge on any atom is -0.464 e. The molecule has 0 saturated carbocycles. The van der Waals surface area contributed by atoms with E-state index in [0.717, 1.165) is 31.9 Å². The van der Waals surface area contributed by atoms with Gasteiger partial charge >= 0.3 is 5.97 Å². The summed E-state index contributed by atoms with van der Waals surface area (Å²) in [5.74, 6) is -0.384. The molecule has 2 heterocycles. The predicted molar refractivity (Wildman–Crippen MR) is 68.3 cm³/mol. The Balaban J connectivity index is 2.02. The second-order valence-electron chi connectivity index (χ2n) is 4.60. The number of carbonyl (C=O) groups is 1. The largest absolute Gasteiger partial charge is 0.464 e. The summed E-state index contributed by atoms with van der Waals surface area (Å²) in [5, 5.41) is 3.40. The van der Waals surface area contributed by atoms with Gasteiger partial charge in [-0.15, -0.1) is 0 Å². The summed E-state index contributed by atoms with van der Waals surface area (Å²) >= 11 is 0. The number of hydrogen-bond acceptors (Lipinski definition) is 5. The number of ether oxygens (including phenoxy) is 1. The van der Waals surface area contributed by atoms with Crippen molar-refractivity contribution in [1.29, 1.82) is 0 Å². The Labute approximate surface area is 107 Å². The molecule has 0 aromatic carbocycles. The van der Waals surface area contributed by atoms with Crippen molar-refractivity contribution in [3.8, 4) is 0 Å². The summed E-state index contributed by atoms with van der Waals surface area (Å²) in [6.07, 6.45) is 0. The Morgan fingerprint density at radius 1 is 1.61 bits per heavy atom. The van der Waals surface area contributed by atoms with Gasteiger partial charge in [0, 0.05) is 32.2 Å². The molecule has 0 bridgehead atoms. The highest BCUT2D eigenvalue weighted by molar-refractivity contribution is 5.87. The molecule has 1 fully saturated rings. The Morgan fingerprint density at radius 2 is 2.44 bits per heavy atom. The highest BCUT2D eigenvalue weighted by Gasteiger charge is 2.16. The van der Waals surface area contributed by atoms with Gasteiger partial charge < -0.3 is 10.1 Å². The third kappa shape index (κ3) is 3.27. The minimum atomic E-state index is -0.384. The molecule has 1 N–H and O–H groups in total. The molecule has 1 aliphatic rings. The molecular formula is C13H19N3O2. The van der Waals surface area contributed by atoms with Crippen molar-refractivity contribution in [1.82, 2.24) is 15.2 Å².